The number of hydrogen-bond donors (Lipinski definition) is 1. The van der Waals surface area contributed by atoms with E-state index in [1.54, 1.807) is 27.4 Å². The molecular weight excluding hydrogens is 230 g/mol. The summed E-state index contributed by atoms with van der Waals surface area (Å²) in [5, 5.41) is 3.16. The van der Waals surface area contributed by atoms with Gasteiger partial charge in [-0.05, 0) is 13.1 Å². The highest BCUT2D eigenvalue weighted by atomic mass is 16.5. The normalized spacial score (nSPS) is 11.5. The Morgan fingerprint density at radius 3 is 2.11 bits per heavy atom. The van der Waals surface area contributed by atoms with Crippen molar-refractivity contribution in [2.75, 3.05) is 28.4 Å². The quantitative estimate of drug-likeness (QED) is 0.783. The smallest absolute Gasteiger partial charge is 0.164 e. The summed E-state index contributed by atoms with van der Waals surface area (Å²) in [6.45, 7) is 0. The van der Waals surface area contributed by atoms with Crippen LogP contribution in [-0.2, 0) is 0 Å². The fourth-order valence-electron chi connectivity index (χ4n) is 1.81. The van der Waals surface area contributed by atoms with Crippen LogP contribution < -0.4 is 19.5 Å². The average Bonchev–Trinajstić information content (AvgIpc) is 2.43. The highest BCUT2D eigenvalue weighted by Crippen LogP contribution is 2.38. The highest BCUT2D eigenvalue weighted by Gasteiger charge is 2.18. The molecule has 0 radical (unpaired) electrons. The van der Waals surface area contributed by atoms with Crippen LogP contribution in [0, 0.1) is 12.3 Å². The van der Waals surface area contributed by atoms with Crippen LogP contribution >= 0.6 is 0 Å². The molecule has 18 heavy (non-hydrogen) atoms. The molecule has 1 unspecified atom stereocenters. The molecule has 0 spiro atoms. The molecule has 1 atom stereocenters. The minimum absolute atomic E-state index is 0.0183. The van der Waals surface area contributed by atoms with Gasteiger partial charge in [0.15, 0.2) is 11.5 Å². The van der Waals surface area contributed by atoms with E-state index in [1.807, 2.05) is 13.1 Å². The molecule has 1 rings (SSSR count). The van der Waals surface area contributed by atoms with Gasteiger partial charge in [0, 0.05) is 24.1 Å². The number of rotatable bonds is 6. The first kappa shape index (κ1) is 14.2. The second kappa shape index (κ2) is 6.77. The standard InChI is InChI=1S/C14H19NO3/c1-6-7-11(15-2)10-8-13(17-4)14(18-5)9-12(10)16-3/h1,8-9,11,15H,7H2,2-5H3. The summed E-state index contributed by atoms with van der Waals surface area (Å²) in [6, 6.07) is 3.70. The summed E-state index contributed by atoms with van der Waals surface area (Å²) in [6.07, 6.45) is 5.95. The van der Waals surface area contributed by atoms with Crippen molar-refractivity contribution < 1.29 is 14.2 Å². The van der Waals surface area contributed by atoms with Gasteiger partial charge in [0.2, 0.25) is 0 Å². The molecule has 98 valence electrons. The Morgan fingerprint density at radius 1 is 1.11 bits per heavy atom. The monoisotopic (exact) mass is 249 g/mol. The number of terminal acetylenes is 1. The molecule has 1 N–H and O–H groups in total. The van der Waals surface area contributed by atoms with E-state index in [1.165, 1.54) is 0 Å². The molecule has 0 fully saturated rings. The van der Waals surface area contributed by atoms with Gasteiger partial charge in [-0.25, -0.2) is 0 Å². The minimum atomic E-state index is 0.0183. The first-order chi connectivity index (χ1) is 8.71. The van der Waals surface area contributed by atoms with Crippen molar-refractivity contribution in [2.24, 2.45) is 0 Å². The van der Waals surface area contributed by atoms with Crippen LogP contribution in [0.25, 0.3) is 0 Å². The van der Waals surface area contributed by atoms with Gasteiger partial charge in [-0.2, -0.15) is 0 Å². The molecule has 1 aromatic carbocycles. The Kier molecular flexibility index (Phi) is 5.34. The van der Waals surface area contributed by atoms with Crippen LogP contribution in [0.4, 0.5) is 0 Å². The van der Waals surface area contributed by atoms with Crippen LogP contribution in [-0.4, -0.2) is 28.4 Å². The van der Waals surface area contributed by atoms with E-state index in [9.17, 15) is 0 Å². The lowest BCUT2D eigenvalue weighted by Crippen LogP contribution is -2.16. The lowest BCUT2D eigenvalue weighted by Gasteiger charge is -2.19. The predicted molar refractivity (Wildman–Crippen MR) is 71.3 cm³/mol. The molecular formula is C14H19NO3. The zero-order valence-electron chi connectivity index (χ0n) is 11.2. The lowest BCUT2D eigenvalue weighted by molar-refractivity contribution is 0.345. The third-order valence-corrected chi connectivity index (χ3v) is 2.78. The van der Waals surface area contributed by atoms with Gasteiger partial charge in [0.05, 0.1) is 21.3 Å². The molecule has 0 aliphatic carbocycles. The third kappa shape index (κ3) is 2.88. The van der Waals surface area contributed by atoms with E-state index >= 15 is 0 Å². The highest BCUT2D eigenvalue weighted by molar-refractivity contribution is 5.52. The zero-order valence-corrected chi connectivity index (χ0v) is 11.2. The summed E-state index contributed by atoms with van der Waals surface area (Å²) < 4.78 is 15.9. The van der Waals surface area contributed by atoms with Gasteiger partial charge in [-0.3, -0.25) is 0 Å². The van der Waals surface area contributed by atoms with Crippen LogP contribution in [0.5, 0.6) is 17.2 Å². The van der Waals surface area contributed by atoms with Crippen molar-refractivity contribution in [3.05, 3.63) is 17.7 Å². The SMILES string of the molecule is C#CCC(NC)c1cc(OC)c(OC)cc1OC. The maximum absolute atomic E-state index is 5.37. The van der Waals surface area contributed by atoms with E-state index < -0.39 is 0 Å². The summed E-state index contributed by atoms with van der Waals surface area (Å²) in [5.74, 6) is 4.66. The van der Waals surface area contributed by atoms with E-state index in [-0.39, 0.29) is 6.04 Å². The molecule has 0 heterocycles. The Hall–Kier alpha value is -1.86. The maximum Gasteiger partial charge on any atom is 0.164 e. The van der Waals surface area contributed by atoms with Crippen LogP contribution in [0.1, 0.15) is 18.0 Å². The molecule has 0 bridgehead atoms. The molecule has 0 saturated carbocycles. The number of ether oxygens (including phenoxy) is 3. The summed E-state index contributed by atoms with van der Waals surface area (Å²) in [7, 11) is 6.67. The predicted octanol–water partition coefficient (Wildman–Crippen LogP) is 2.00. The van der Waals surface area contributed by atoms with Gasteiger partial charge in [-0.1, -0.05) is 0 Å². The van der Waals surface area contributed by atoms with Gasteiger partial charge >= 0.3 is 0 Å². The summed E-state index contributed by atoms with van der Waals surface area (Å²) >= 11 is 0. The number of benzene rings is 1. The Balaban J connectivity index is 3.28. The van der Waals surface area contributed by atoms with Crippen molar-refractivity contribution in [1.29, 1.82) is 0 Å². The molecule has 0 aromatic heterocycles. The van der Waals surface area contributed by atoms with Gasteiger partial charge in [0.1, 0.15) is 5.75 Å². The van der Waals surface area contributed by atoms with Crippen molar-refractivity contribution in [3.63, 3.8) is 0 Å². The fourth-order valence-corrected chi connectivity index (χ4v) is 1.81. The summed E-state index contributed by atoms with van der Waals surface area (Å²) in [4.78, 5) is 0. The average molecular weight is 249 g/mol. The van der Waals surface area contributed by atoms with E-state index in [0.717, 1.165) is 11.3 Å². The molecule has 0 aliphatic rings. The first-order valence-corrected chi connectivity index (χ1v) is 5.62. The Bertz CT molecular complexity index is 437. The summed E-state index contributed by atoms with van der Waals surface area (Å²) in [5.41, 5.74) is 0.954. The second-order valence-electron chi connectivity index (χ2n) is 3.70. The zero-order chi connectivity index (χ0) is 13.5. The van der Waals surface area contributed by atoms with Crippen molar-refractivity contribution in [1.82, 2.24) is 5.32 Å². The fraction of sp³-hybridized carbons (Fsp3) is 0.429. The number of nitrogens with one attached hydrogen (secondary N) is 1. The molecule has 0 aliphatic heterocycles. The third-order valence-electron chi connectivity index (χ3n) is 2.78. The topological polar surface area (TPSA) is 39.7 Å². The number of hydrogen-bond acceptors (Lipinski definition) is 4. The van der Waals surface area contributed by atoms with Gasteiger partial charge < -0.3 is 19.5 Å². The van der Waals surface area contributed by atoms with E-state index in [2.05, 4.69) is 11.2 Å². The van der Waals surface area contributed by atoms with Crippen LogP contribution in [0.3, 0.4) is 0 Å². The maximum atomic E-state index is 5.37. The van der Waals surface area contributed by atoms with E-state index in [0.29, 0.717) is 17.9 Å². The second-order valence-corrected chi connectivity index (χ2v) is 3.70. The van der Waals surface area contributed by atoms with E-state index in [4.69, 9.17) is 20.6 Å². The van der Waals surface area contributed by atoms with Crippen molar-refractivity contribution in [2.45, 2.75) is 12.5 Å². The molecule has 0 amide bonds. The molecule has 0 saturated heterocycles. The molecule has 4 nitrogen and oxygen atoms in total. The number of methoxy groups -OCH3 is 3. The van der Waals surface area contributed by atoms with Crippen LogP contribution in [0.15, 0.2) is 12.1 Å². The first-order valence-electron chi connectivity index (χ1n) is 5.62. The largest absolute Gasteiger partial charge is 0.496 e. The van der Waals surface area contributed by atoms with Crippen molar-refractivity contribution >= 4 is 0 Å². The van der Waals surface area contributed by atoms with Crippen molar-refractivity contribution in [3.8, 4) is 29.6 Å². The van der Waals surface area contributed by atoms with Crippen LogP contribution in [0.2, 0.25) is 0 Å². The van der Waals surface area contributed by atoms with Gasteiger partial charge in [-0.15, -0.1) is 12.3 Å². The Labute approximate surface area is 108 Å². The minimum Gasteiger partial charge on any atom is -0.496 e. The molecule has 4 heteroatoms. The lowest BCUT2D eigenvalue weighted by atomic mass is 10.0. The molecule has 1 aromatic rings. The van der Waals surface area contributed by atoms with Gasteiger partial charge in [0.25, 0.3) is 0 Å². The Morgan fingerprint density at radius 2 is 1.67 bits per heavy atom.